The first-order valence-corrected chi connectivity index (χ1v) is 8.57. The molecule has 2 aromatic rings. The minimum Gasteiger partial charge on any atom is -0.454 e. The van der Waals surface area contributed by atoms with Crippen LogP contribution in [0.1, 0.15) is 35.4 Å². The van der Waals surface area contributed by atoms with E-state index in [0.717, 1.165) is 31.0 Å². The summed E-state index contributed by atoms with van der Waals surface area (Å²) in [5, 5.41) is 3.64. The standard InChI is InChI=1S/C20H23NO2/c1-2-7-18-16(4-1)5-3-6-17(18)13-21-11-10-15-8-9-19-20(12-15)23-14-22-19/h1-2,4,7-9,12,17,21H,3,5-6,10-11,13-14H2. The number of hydrogen-bond acceptors (Lipinski definition) is 3. The second-order valence-corrected chi connectivity index (χ2v) is 6.43. The minimum absolute atomic E-state index is 0.345. The van der Waals surface area contributed by atoms with Crippen LogP contribution >= 0.6 is 0 Å². The second-order valence-electron chi connectivity index (χ2n) is 6.43. The van der Waals surface area contributed by atoms with E-state index < -0.39 is 0 Å². The number of aryl methyl sites for hydroxylation is 1. The van der Waals surface area contributed by atoms with Crippen LogP contribution in [0, 0.1) is 0 Å². The van der Waals surface area contributed by atoms with Crippen molar-refractivity contribution in [3.05, 3.63) is 59.2 Å². The molecule has 1 aliphatic heterocycles. The zero-order valence-electron chi connectivity index (χ0n) is 13.4. The Kier molecular flexibility index (Phi) is 4.20. The smallest absolute Gasteiger partial charge is 0.231 e. The largest absolute Gasteiger partial charge is 0.454 e. The second kappa shape index (κ2) is 6.63. The number of hydrogen-bond donors (Lipinski definition) is 1. The van der Waals surface area contributed by atoms with Gasteiger partial charge >= 0.3 is 0 Å². The average Bonchev–Trinajstić information content (AvgIpc) is 3.06. The molecule has 0 radical (unpaired) electrons. The Labute approximate surface area is 137 Å². The highest BCUT2D eigenvalue weighted by molar-refractivity contribution is 5.44. The molecular weight excluding hydrogens is 286 g/mol. The molecule has 2 aromatic carbocycles. The summed E-state index contributed by atoms with van der Waals surface area (Å²) in [7, 11) is 0. The lowest BCUT2D eigenvalue weighted by Crippen LogP contribution is -2.26. The van der Waals surface area contributed by atoms with Gasteiger partial charge in [-0.15, -0.1) is 0 Å². The van der Waals surface area contributed by atoms with Crippen LogP contribution in [0.3, 0.4) is 0 Å². The summed E-state index contributed by atoms with van der Waals surface area (Å²) in [6, 6.07) is 15.2. The lowest BCUT2D eigenvalue weighted by Gasteiger charge is -2.25. The fourth-order valence-electron chi connectivity index (χ4n) is 3.67. The molecule has 1 atom stereocenters. The van der Waals surface area contributed by atoms with E-state index in [1.807, 2.05) is 6.07 Å². The average molecular weight is 309 g/mol. The number of nitrogens with one attached hydrogen (secondary N) is 1. The molecule has 0 aromatic heterocycles. The fraction of sp³-hybridized carbons (Fsp3) is 0.400. The number of benzene rings is 2. The maximum atomic E-state index is 5.44. The first-order valence-electron chi connectivity index (χ1n) is 8.57. The van der Waals surface area contributed by atoms with Crippen LogP contribution in [0.2, 0.25) is 0 Å². The summed E-state index contributed by atoms with van der Waals surface area (Å²) in [6.07, 6.45) is 4.87. The normalized spacial score (nSPS) is 18.7. The lowest BCUT2D eigenvalue weighted by atomic mass is 9.83. The van der Waals surface area contributed by atoms with Gasteiger partial charge in [-0.1, -0.05) is 30.3 Å². The van der Waals surface area contributed by atoms with Crippen molar-refractivity contribution < 1.29 is 9.47 Å². The first-order chi connectivity index (χ1) is 11.4. The Morgan fingerprint density at radius 2 is 1.96 bits per heavy atom. The van der Waals surface area contributed by atoms with Crippen molar-refractivity contribution in [2.24, 2.45) is 0 Å². The van der Waals surface area contributed by atoms with Crippen LogP contribution in [-0.4, -0.2) is 19.9 Å². The Morgan fingerprint density at radius 3 is 2.96 bits per heavy atom. The summed E-state index contributed by atoms with van der Waals surface area (Å²) < 4.78 is 10.8. The van der Waals surface area contributed by atoms with Gasteiger partial charge in [0.1, 0.15) is 0 Å². The Balaban J connectivity index is 1.30. The molecule has 23 heavy (non-hydrogen) atoms. The van der Waals surface area contributed by atoms with Gasteiger partial charge in [0.15, 0.2) is 11.5 Å². The van der Waals surface area contributed by atoms with Crippen LogP contribution < -0.4 is 14.8 Å². The van der Waals surface area contributed by atoms with E-state index in [9.17, 15) is 0 Å². The molecule has 4 rings (SSSR count). The van der Waals surface area contributed by atoms with Crippen molar-refractivity contribution in [3.8, 4) is 11.5 Å². The lowest BCUT2D eigenvalue weighted by molar-refractivity contribution is 0.174. The van der Waals surface area contributed by atoms with Gasteiger partial charge in [-0.3, -0.25) is 0 Å². The SMILES string of the molecule is c1ccc2c(c1)CCCC2CNCCc1ccc2c(c1)OCO2. The molecule has 3 nitrogen and oxygen atoms in total. The van der Waals surface area contributed by atoms with Crippen LogP contribution in [0.4, 0.5) is 0 Å². The van der Waals surface area contributed by atoms with Gasteiger partial charge in [-0.05, 0) is 67.0 Å². The maximum Gasteiger partial charge on any atom is 0.231 e. The molecule has 0 spiro atoms. The van der Waals surface area contributed by atoms with E-state index in [0.29, 0.717) is 12.7 Å². The predicted molar refractivity (Wildman–Crippen MR) is 91.3 cm³/mol. The third kappa shape index (κ3) is 3.20. The molecule has 1 unspecified atom stereocenters. The summed E-state index contributed by atoms with van der Waals surface area (Å²) in [4.78, 5) is 0. The van der Waals surface area contributed by atoms with E-state index in [1.54, 1.807) is 11.1 Å². The third-order valence-electron chi connectivity index (χ3n) is 4.91. The van der Waals surface area contributed by atoms with Crippen molar-refractivity contribution in [2.75, 3.05) is 19.9 Å². The van der Waals surface area contributed by atoms with Gasteiger partial charge in [0, 0.05) is 6.54 Å². The molecule has 3 heteroatoms. The molecule has 0 amide bonds. The van der Waals surface area contributed by atoms with Gasteiger partial charge in [-0.25, -0.2) is 0 Å². The molecule has 1 N–H and O–H groups in total. The summed E-state index contributed by atoms with van der Waals surface area (Å²) in [5.41, 5.74) is 4.39. The number of ether oxygens (including phenoxy) is 2. The third-order valence-corrected chi connectivity index (χ3v) is 4.91. The molecule has 1 heterocycles. The van der Waals surface area contributed by atoms with Crippen LogP contribution in [0.5, 0.6) is 11.5 Å². The molecule has 2 aliphatic rings. The van der Waals surface area contributed by atoms with Crippen LogP contribution in [0.15, 0.2) is 42.5 Å². The van der Waals surface area contributed by atoms with Gasteiger partial charge in [0.25, 0.3) is 0 Å². The quantitative estimate of drug-likeness (QED) is 0.855. The van der Waals surface area contributed by atoms with E-state index in [1.165, 1.54) is 24.8 Å². The van der Waals surface area contributed by atoms with Crippen LogP contribution in [-0.2, 0) is 12.8 Å². The molecule has 0 fully saturated rings. The van der Waals surface area contributed by atoms with Crippen molar-refractivity contribution in [3.63, 3.8) is 0 Å². The number of rotatable bonds is 5. The fourth-order valence-corrected chi connectivity index (χ4v) is 3.67. The van der Waals surface area contributed by atoms with E-state index in [-0.39, 0.29) is 0 Å². The van der Waals surface area contributed by atoms with Crippen molar-refractivity contribution in [2.45, 2.75) is 31.6 Å². The van der Waals surface area contributed by atoms with E-state index >= 15 is 0 Å². The van der Waals surface area contributed by atoms with E-state index in [4.69, 9.17) is 9.47 Å². The van der Waals surface area contributed by atoms with Crippen molar-refractivity contribution in [1.29, 1.82) is 0 Å². The molecule has 0 saturated heterocycles. The topological polar surface area (TPSA) is 30.5 Å². The minimum atomic E-state index is 0.345. The van der Waals surface area contributed by atoms with Gasteiger partial charge in [-0.2, -0.15) is 0 Å². The summed E-state index contributed by atoms with van der Waals surface area (Å²) >= 11 is 0. The zero-order valence-corrected chi connectivity index (χ0v) is 13.4. The number of fused-ring (bicyclic) bond motifs is 2. The highest BCUT2D eigenvalue weighted by Gasteiger charge is 2.19. The monoisotopic (exact) mass is 309 g/mol. The van der Waals surface area contributed by atoms with E-state index in [2.05, 4.69) is 41.7 Å². The predicted octanol–water partition coefficient (Wildman–Crippen LogP) is 3.67. The molecular formula is C20H23NO2. The molecule has 0 bridgehead atoms. The maximum absolute atomic E-state index is 5.44. The van der Waals surface area contributed by atoms with Gasteiger partial charge < -0.3 is 14.8 Å². The molecule has 120 valence electrons. The van der Waals surface area contributed by atoms with Gasteiger partial charge in [0.05, 0.1) is 0 Å². The molecule has 0 saturated carbocycles. The Bertz CT molecular complexity index is 683. The highest BCUT2D eigenvalue weighted by atomic mass is 16.7. The summed E-state index contributed by atoms with van der Waals surface area (Å²) in [6.45, 7) is 2.41. The Morgan fingerprint density at radius 1 is 1.04 bits per heavy atom. The molecule has 1 aliphatic carbocycles. The highest BCUT2D eigenvalue weighted by Crippen LogP contribution is 2.33. The van der Waals surface area contributed by atoms with Crippen LogP contribution in [0.25, 0.3) is 0 Å². The van der Waals surface area contributed by atoms with Crippen molar-refractivity contribution in [1.82, 2.24) is 5.32 Å². The zero-order chi connectivity index (χ0) is 15.5. The first kappa shape index (κ1) is 14.6. The van der Waals surface area contributed by atoms with Crippen molar-refractivity contribution >= 4 is 0 Å². The summed E-state index contributed by atoms with van der Waals surface area (Å²) in [5.74, 6) is 2.40. The Hall–Kier alpha value is -2.00. The van der Waals surface area contributed by atoms with Gasteiger partial charge in [0.2, 0.25) is 6.79 Å².